The lowest BCUT2D eigenvalue weighted by molar-refractivity contribution is -0.137. The standard InChI is InChI=1S/C19H19F4NO.ClH/c20-15-8-6-12(7-9-15)17(18(25)16-5-2-10-24-16)13-3-1-4-14(11-13)19(21,22)23;/h1,3-4,6-9,11,16-18,24-25H,2,5,10H2;1H/t16-,17-,18+;/m1./s1. The van der Waals surface area contributed by atoms with Gasteiger partial charge in [-0.2, -0.15) is 13.2 Å². The van der Waals surface area contributed by atoms with E-state index in [0.717, 1.165) is 31.5 Å². The number of alkyl halides is 3. The molecule has 26 heavy (non-hydrogen) atoms. The van der Waals surface area contributed by atoms with E-state index >= 15 is 0 Å². The molecule has 7 heteroatoms. The molecule has 0 bridgehead atoms. The Morgan fingerprint density at radius 3 is 2.31 bits per heavy atom. The Balaban J connectivity index is 0.00000243. The first kappa shape index (κ1) is 20.7. The van der Waals surface area contributed by atoms with Gasteiger partial charge < -0.3 is 10.4 Å². The number of aliphatic hydroxyl groups excluding tert-OH is 1. The number of hydrogen-bond donors (Lipinski definition) is 2. The Bertz CT molecular complexity index is 714. The Hall–Kier alpha value is -1.63. The van der Waals surface area contributed by atoms with Crippen LogP contribution < -0.4 is 5.32 Å². The fraction of sp³-hybridized carbons (Fsp3) is 0.368. The summed E-state index contributed by atoms with van der Waals surface area (Å²) in [5.74, 6) is -1.10. The van der Waals surface area contributed by atoms with Gasteiger partial charge in [-0.05, 0) is 48.7 Å². The van der Waals surface area contributed by atoms with Crippen LogP contribution in [0.2, 0.25) is 0 Å². The molecule has 0 aromatic heterocycles. The zero-order valence-corrected chi connectivity index (χ0v) is 14.7. The zero-order chi connectivity index (χ0) is 18.0. The van der Waals surface area contributed by atoms with Crippen molar-refractivity contribution in [2.45, 2.75) is 37.1 Å². The first-order valence-corrected chi connectivity index (χ1v) is 8.20. The van der Waals surface area contributed by atoms with Gasteiger partial charge in [0.05, 0.1) is 11.7 Å². The third-order valence-electron chi connectivity index (χ3n) is 4.65. The summed E-state index contributed by atoms with van der Waals surface area (Å²) in [4.78, 5) is 0. The molecule has 3 rings (SSSR count). The van der Waals surface area contributed by atoms with Gasteiger partial charge in [0.1, 0.15) is 5.82 Å². The minimum Gasteiger partial charge on any atom is -0.391 e. The van der Waals surface area contributed by atoms with E-state index in [1.54, 1.807) is 6.07 Å². The SMILES string of the molecule is Cl.O[C@H]([C@H](c1ccc(F)cc1)c1cccc(C(F)(F)F)c1)[C@H]1CCCN1. The van der Waals surface area contributed by atoms with E-state index in [9.17, 15) is 22.7 Å². The maximum absolute atomic E-state index is 13.3. The van der Waals surface area contributed by atoms with Crippen LogP contribution in [-0.4, -0.2) is 23.8 Å². The molecule has 1 saturated heterocycles. The average molecular weight is 390 g/mol. The number of hydrogen-bond acceptors (Lipinski definition) is 2. The van der Waals surface area contributed by atoms with Gasteiger partial charge in [-0.15, -0.1) is 12.4 Å². The lowest BCUT2D eigenvalue weighted by atomic mass is 9.82. The van der Waals surface area contributed by atoms with Crippen molar-refractivity contribution in [1.82, 2.24) is 5.32 Å². The molecule has 0 amide bonds. The number of aliphatic hydroxyl groups is 1. The summed E-state index contributed by atoms with van der Waals surface area (Å²) in [6.45, 7) is 0.764. The van der Waals surface area contributed by atoms with E-state index in [1.807, 2.05) is 0 Å². The lowest BCUT2D eigenvalue weighted by Crippen LogP contribution is -2.39. The first-order chi connectivity index (χ1) is 11.9. The van der Waals surface area contributed by atoms with Crippen molar-refractivity contribution in [3.05, 3.63) is 71.0 Å². The molecule has 0 radical (unpaired) electrons. The molecular formula is C19H20ClF4NO. The molecule has 2 aromatic carbocycles. The summed E-state index contributed by atoms with van der Waals surface area (Å²) < 4.78 is 52.4. The van der Waals surface area contributed by atoms with Crippen LogP contribution in [0.15, 0.2) is 48.5 Å². The van der Waals surface area contributed by atoms with Crippen molar-refractivity contribution < 1.29 is 22.7 Å². The Kier molecular flexibility index (Phi) is 6.66. The van der Waals surface area contributed by atoms with Crippen LogP contribution in [0.4, 0.5) is 17.6 Å². The molecule has 2 N–H and O–H groups in total. The smallest absolute Gasteiger partial charge is 0.391 e. The highest BCUT2D eigenvalue weighted by atomic mass is 35.5. The van der Waals surface area contributed by atoms with Crippen LogP contribution in [0, 0.1) is 5.82 Å². The monoisotopic (exact) mass is 389 g/mol. The van der Waals surface area contributed by atoms with Crippen molar-refractivity contribution in [2.24, 2.45) is 0 Å². The molecule has 0 aliphatic carbocycles. The Labute approximate surface area is 155 Å². The number of benzene rings is 2. The fourth-order valence-electron chi connectivity index (χ4n) is 3.40. The highest BCUT2D eigenvalue weighted by Crippen LogP contribution is 2.36. The molecule has 3 atom stereocenters. The van der Waals surface area contributed by atoms with Crippen molar-refractivity contribution >= 4 is 12.4 Å². The molecular weight excluding hydrogens is 370 g/mol. The zero-order valence-electron chi connectivity index (χ0n) is 13.8. The topological polar surface area (TPSA) is 32.3 Å². The van der Waals surface area contributed by atoms with E-state index in [1.165, 1.54) is 30.3 Å². The summed E-state index contributed by atoms with van der Waals surface area (Å²) in [5, 5.41) is 14.0. The van der Waals surface area contributed by atoms with Crippen molar-refractivity contribution in [2.75, 3.05) is 6.54 Å². The molecule has 2 aromatic rings. The maximum atomic E-state index is 13.3. The summed E-state index contributed by atoms with van der Waals surface area (Å²) in [5.41, 5.74) is 0.188. The van der Waals surface area contributed by atoms with Crippen molar-refractivity contribution in [1.29, 1.82) is 0 Å². The first-order valence-electron chi connectivity index (χ1n) is 8.20. The predicted octanol–water partition coefficient (Wildman–Crippen LogP) is 4.51. The summed E-state index contributed by atoms with van der Waals surface area (Å²) in [6.07, 6.45) is -3.71. The van der Waals surface area contributed by atoms with Gasteiger partial charge >= 0.3 is 6.18 Å². The van der Waals surface area contributed by atoms with E-state index in [4.69, 9.17) is 0 Å². The van der Waals surface area contributed by atoms with E-state index in [2.05, 4.69) is 5.32 Å². The summed E-state index contributed by atoms with van der Waals surface area (Å²) in [7, 11) is 0. The Morgan fingerprint density at radius 2 is 1.73 bits per heavy atom. The van der Waals surface area contributed by atoms with Gasteiger partial charge in [-0.25, -0.2) is 4.39 Å². The minimum atomic E-state index is -4.46. The van der Waals surface area contributed by atoms with Crippen LogP contribution in [0.3, 0.4) is 0 Å². The van der Waals surface area contributed by atoms with Gasteiger partial charge in [0.15, 0.2) is 0 Å². The normalized spacial score (nSPS) is 19.7. The third kappa shape index (κ3) is 4.55. The molecule has 1 heterocycles. The van der Waals surface area contributed by atoms with Gasteiger partial charge in [-0.3, -0.25) is 0 Å². The quantitative estimate of drug-likeness (QED) is 0.754. The molecule has 0 unspecified atom stereocenters. The molecule has 0 spiro atoms. The molecule has 1 aliphatic rings. The molecule has 2 nitrogen and oxygen atoms in total. The average Bonchev–Trinajstić information content (AvgIpc) is 3.11. The minimum absolute atomic E-state index is 0. The Morgan fingerprint density at radius 1 is 1.04 bits per heavy atom. The van der Waals surface area contributed by atoms with E-state index in [0.29, 0.717) is 11.1 Å². The van der Waals surface area contributed by atoms with E-state index in [-0.39, 0.29) is 18.4 Å². The number of halogens is 5. The maximum Gasteiger partial charge on any atom is 0.416 e. The third-order valence-corrected chi connectivity index (χ3v) is 4.65. The summed E-state index contributed by atoms with van der Waals surface area (Å²) in [6, 6.07) is 10.3. The highest BCUT2D eigenvalue weighted by molar-refractivity contribution is 5.85. The lowest BCUT2D eigenvalue weighted by Gasteiger charge is -2.29. The van der Waals surface area contributed by atoms with Crippen LogP contribution >= 0.6 is 12.4 Å². The fourth-order valence-corrected chi connectivity index (χ4v) is 3.40. The molecule has 1 fully saturated rings. The van der Waals surface area contributed by atoms with Crippen molar-refractivity contribution in [3.63, 3.8) is 0 Å². The predicted molar refractivity (Wildman–Crippen MR) is 94.0 cm³/mol. The number of nitrogens with one attached hydrogen (secondary N) is 1. The highest BCUT2D eigenvalue weighted by Gasteiger charge is 2.35. The second-order valence-electron chi connectivity index (χ2n) is 6.35. The van der Waals surface area contributed by atoms with Crippen LogP contribution in [0.5, 0.6) is 0 Å². The second-order valence-corrected chi connectivity index (χ2v) is 6.35. The second kappa shape index (κ2) is 8.37. The van der Waals surface area contributed by atoms with Crippen LogP contribution in [-0.2, 0) is 6.18 Å². The number of rotatable bonds is 4. The van der Waals surface area contributed by atoms with Gasteiger partial charge in [0.25, 0.3) is 0 Å². The van der Waals surface area contributed by atoms with Crippen LogP contribution in [0.25, 0.3) is 0 Å². The summed E-state index contributed by atoms with van der Waals surface area (Å²) >= 11 is 0. The van der Waals surface area contributed by atoms with Gasteiger partial charge in [-0.1, -0.05) is 30.3 Å². The largest absolute Gasteiger partial charge is 0.416 e. The van der Waals surface area contributed by atoms with Crippen LogP contribution in [0.1, 0.15) is 35.4 Å². The van der Waals surface area contributed by atoms with E-state index < -0.39 is 29.6 Å². The molecule has 1 aliphatic heterocycles. The van der Waals surface area contributed by atoms with Gasteiger partial charge in [0.2, 0.25) is 0 Å². The van der Waals surface area contributed by atoms with Gasteiger partial charge in [0, 0.05) is 12.0 Å². The van der Waals surface area contributed by atoms with Crippen molar-refractivity contribution in [3.8, 4) is 0 Å². The molecule has 0 saturated carbocycles. The molecule has 142 valence electrons.